The fourth-order valence-electron chi connectivity index (χ4n) is 3.02. The third-order valence-corrected chi connectivity index (χ3v) is 5.61. The number of ether oxygens (including phenoxy) is 4. The van der Waals surface area contributed by atoms with E-state index in [1.165, 1.54) is 26.4 Å². The lowest BCUT2D eigenvalue weighted by molar-refractivity contribution is -0.135. The summed E-state index contributed by atoms with van der Waals surface area (Å²) in [7, 11) is 4.59. The zero-order chi connectivity index (χ0) is 21.7. The highest BCUT2D eigenvalue weighted by Crippen LogP contribution is 2.36. The first-order chi connectivity index (χ1) is 14.5. The number of esters is 1. The smallest absolute Gasteiger partial charge is 0.338 e. The number of methoxy groups -OCH3 is 3. The number of halogens is 1. The lowest BCUT2D eigenvalue weighted by Gasteiger charge is -2.22. The number of hydrogen-bond donors (Lipinski definition) is 0. The van der Waals surface area contributed by atoms with Crippen LogP contribution < -0.4 is 14.2 Å². The summed E-state index contributed by atoms with van der Waals surface area (Å²) in [6, 6.07) is 10.8. The van der Waals surface area contributed by atoms with Gasteiger partial charge in [0, 0.05) is 12.6 Å². The van der Waals surface area contributed by atoms with Crippen molar-refractivity contribution in [3.63, 3.8) is 0 Å². The molecule has 0 N–H and O–H groups in total. The molecule has 0 radical (unpaired) electrons. The molecule has 3 rings (SSSR count). The molecule has 0 atom stereocenters. The SMILES string of the molecule is COc1ccc(CN(C(=O)COC(=O)c2cc(OC)c(Br)c(OC)c2)C2CC2)cc1. The Morgan fingerprint density at radius 2 is 1.60 bits per heavy atom. The molecule has 30 heavy (non-hydrogen) atoms. The summed E-state index contributed by atoms with van der Waals surface area (Å²) in [5.74, 6) is 0.793. The highest BCUT2D eigenvalue weighted by molar-refractivity contribution is 9.10. The second kappa shape index (κ2) is 9.84. The van der Waals surface area contributed by atoms with Crippen LogP contribution in [0.25, 0.3) is 0 Å². The van der Waals surface area contributed by atoms with Crippen LogP contribution >= 0.6 is 15.9 Å². The first-order valence-corrected chi connectivity index (χ1v) is 10.3. The lowest BCUT2D eigenvalue weighted by Crippen LogP contribution is -2.36. The quantitative estimate of drug-likeness (QED) is 0.511. The zero-order valence-corrected chi connectivity index (χ0v) is 18.7. The van der Waals surface area contributed by atoms with Gasteiger partial charge in [0.25, 0.3) is 5.91 Å². The van der Waals surface area contributed by atoms with E-state index in [4.69, 9.17) is 18.9 Å². The summed E-state index contributed by atoms with van der Waals surface area (Å²) in [6.45, 7) is 0.136. The fraction of sp³-hybridized carbons (Fsp3) is 0.364. The molecule has 0 saturated heterocycles. The highest BCUT2D eigenvalue weighted by Gasteiger charge is 2.33. The molecule has 1 fully saturated rings. The van der Waals surface area contributed by atoms with E-state index in [1.807, 2.05) is 24.3 Å². The van der Waals surface area contributed by atoms with Crippen LogP contribution in [0, 0.1) is 0 Å². The Hall–Kier alpha value is -2.74. The van der Waals surface area contributed by atoms with Gasteiger partial charge >= 0.3 is 5.97 Å². The van der Waals surface area contributed by atoms with E-state index < -0.39 is 5.97 Å². The Kier molecular flexibility index (Phi) is 7.20. The van der Waals surface area contributed by atoms with Crippen molar-refractivity contribution in [3.8, 4) is 17.2 Å². The Morgan fingerprint density at radius 3 is 2.10 bits per heavy atom. The van der Waals surface area contributed by atoms with Crippen molar-refractivity contribution in [1.82, 2.24) is 4.90 Å². The van der Waals surface area contributed by atoms with Crippen LogP contribution in [0.1, 0.15) is 28.8 Å². The van der Waals surface area contributed by atoms with Gasteiger partial charge in [-0.25, -0.2) is 4.79 Å². The van der Waals surface area contributed by atoms with Crippen molar-refractivity contribution in [1.29, 1.82) is 0 Å². The van der Waals surface area contributed by atoms with Gasteiger partial charge < -0.3 is 23.8 Å². The molecule has 160 valence electrons. The largest absolute Gasteiger partial charge is 0.497 e. The van der Waals surface area contributed by atoms with Crippen LogP contribution in [-0.2, 0) is 16.1 Å². The minimum absolute atomic E-state index is 0.186. The summed E-state index contributed by atoms with van der Waals surface area (Å²) in [6.07, 6.45) is 1.91. The number of amides is 1. The maximum absolute atomic E-state index is 12.8. The number of carbonyl (C=O) groups excluding carboxylic acids is 2. The maximum Gasteiger partial charge on any atom is 0.338 e. The van der Waals surface area contributed by atoms with E-state index in [2.05, 4.69) is 15.9 Å². The molecule has 1 aliphatic carbocycles. The average molecular weight is 478 g/mol. The van der Waals surface area contributed by atoms with Gasteiger partial charge in [0.15, 0.2) is 6.61 Å². The summed E-state index contributed by atoms with van der Waals surface area (Å²) < 4.78 is 21.5. The van der Waals surface area contributed by atoms with E-state index >= 15 is 0 Å². The normalized spacial score (nSPS) is 12.8. The molecule has 1 amide bonds. The van der Waals surface area contributed by atoms with Crippen LogP contribution in [0.5, 0.6) is 17.2 Å². The standard InChI is InChI=1S/C22H24BrNO6/c1-27-17-8-4-14(5-9-17)12-24(16-6-7-16)20(25)13-30-22(26)15-10-18(28-2)21(23)19(11-15)29-3/h4-5,8-11,16H,6-7,12-13H2,1-3H3. The third-order valence-electron chi connectivity index (χ3n) is 4.83. The van der Waals surface area contributed by atoms with Gasteiger partial charge in [-0.05, 0) is 58.6 Å². The molecule has 0 spiro atoms. The summed E-state index contributed by atoms with van der Waals surface area (Å²) in [5.41, 5.74) is 1.23. The Bertz CT molecular complexity index is 885. The first kappa shape index (κ1) is 22.0. The third kappa shape index (κ3) is 5.24. The van der Waals surface area contributed by atoms with Crippen molar-refractivity contribution in [2.24, 2.45) is 0 Å². The van der Waals surface area contributed by atoms with Crippen LogP contribution in [0.2, 0.25) is 0 Å². The van der Waals surface area contributed by atoms with Gasteiger partial charge in [0.1, 0.15) is 21.7 Å². The van der Waals surface area contributed by atoms with Gasteiger partial charge in [-0.15, -0.1) is 0 Å². The van der Waals surface area contributed by atoms with E-state index in [9.17, 15) is 9.59 Å². The highest BCUT2D eigenvalue weighted by atomic mass is 79.9. The molecule has 1 saturated carbocycles. The number of carbonyl (C=O) groups is 2. The van der Waals surface area contributed by atoms with Crippen molar-refractivity contribution in [2.45, 2.75) is 25.4 Å². The van der Waals surface area contributed by atoms with Crippen molar-refractivity contribution in [3.05, 3.63) is 52.0 Å². The molecule has 0 aromatic heterocycles. The molecule has 7 nitrogen and oxygen atoms in total. The van der Waals surface area contributed by atoms with E-state index in [1.54, 1.807) is 12.0 Å². The summed E-state index contributed by atoms with van der Waals surface area (Å²) in [4.78, 5) is 27.0. The minimum atomic E-state index is -0.618. The van der Waals surface area contributed by atoms with Gasteiger partial charge in [-0.2, -0.15) is 0 Å². The molecule has 0 heterocycles. The Morgan fingerprint density at radius 1 is 1.00 bits per heavy atom. The number of nitrogens with zero attached hydrogens (tertiary/aromatic N) is 1. The zero-order valence-electron chi connectivity index (χ0n) is 17.1. The molecule has 0 bridgehead atoms. The first-order valence-electron chi connectivity index (χ1n) is 9.47. The average Bonchev–Trinajstić information content (AvgIpc) is 3.61. The Labute approximate surface area is 184 Å². The molecule has 1 aliphatic rings. The van der Waals surface area contributed by atoms with E-state index in [0.717, 1.165) is 24.2 Å². The monoisotopic (exact) mass is 477 g/mol. The van der Waals surface area contributed by atoms with E-state index in [-0.39, 0.29) is 24.1 Å². The van der Waals surface area contributed by atoms with Gasteiger partial charge in [0.2, 0.25) is 0 Å². The molecule has 2 aromatic rings. The number of hydrogen-bond acceptors (Lipinski definition) is 6. The predicted molar refractivity (Wildman–Crippen MR) is 114 cm³/mol. The minimum Gasteiger partial charge on any atom is -0.497 e. The van der Waals surface area contributed by atoms with Crippen LogP contribution in [-0.4, -0.2) is 50.8 Å². The topological polar surface area (TPSA) is 74.3 Å². The van der Waals surface area contributed by atoms with Crippen LogP contribution in [0.3, 0.4) is 0 Å². The van der Waals surface area contributed by atoms with Crippen LogP contribution in [0.4, 0.5) is 0 Å². The lowest BCUT2D eigenvalue weighted by atomic mass is 10.2. The van der Waals surface area contributed by atoms with E-state index in [0.29, 0.717) is 22.5 Å². The fourth-order valence-corrected chi connectivity index (χ4v) is 3.57. The molecule has 8 heteroatoms. The second-order valence-corrected chi connectivity index (χ2v) is 7.66. The molecule has 0 unspecified atom stereocenters. The van der Waals surface area contributed by atoms with Crippen molar-refractivity contribution >= 4 is 27.8 Å². The Balaban J connectivity index is 1.64. The molecular formula is C22H24BrNO6. The second-order valence-electron chi connectivity index (χ2n) is 6.87. The maximum atomic E-state index is 12.8. The van der Waals surface area contributed by atoms with Crippen LogP contribution in [0.15, 0.2) is 40.9 Å². The number of benzene rings is 2. The molecule has 0 aliphatic heterocycles. The summed E-state index contributed by atoms with van der Waals surface area (Å²) >= 11 is 3.36. The van der Waals surface area contributed by atoms with Gasteiger partial charge in [-0.1, -0.05) is 12.1 Å². The molecule has 2 aromatic carbocycles. The van der Waals surface area contributed by atoms with Crippen molar-refractivity contribution < 1.29 is 28.5 Å². The van der Waals surface area contributed by atoms with Crippen molar-refractivity contribution in [2.75, 3.05) is 27.9 Å². The van der Waals surface area contributed by atoms with Gasteiger partial charge in [-0.3, -0.25) is 4.79 Å². The molecular weight excluding hydrogens is 454 g/mol. The summed E-state index contributed by atoms with van der Waals surface area (Å²) in [5, 5.41) is 0. The van der Waals surface area contributed by atoms with Gasteiger partial charge in [0.05, 0.1) is 26.9 Å². The predicted octanol–water partition coefficient (Wildman–Crippen LogP) is 3.82. The number of rotatable bonds is 9.